The van der Waals surface area contributed by atoms with Crippen molar-refractivity contribution in [1.82, 2.24) is 10.3 Å². The SMILES string of the molecule is SCCCNCc1cncc(Cl)c1. The molecule has 1 aromatic rings. The molecule has 0 amide bonds. The molecule has 0 unspecified atom stereocenters. The van der Waals surface area contributed by atoms with Crippen LogP contribution in [0.4, 0.5) is 0 Å². The normalized spacial score (nSPS) is 10.3. The van der Waals surface area contributed by atoms with Crippen molar-refractivity contribution in [2.75, 3.05) is 12.3 Å². The van der Waals surface area contributed by atoms with E-state index in [1.165, 1.54) is 0 Å². The molecule has 0 radical (unpaired) electrons. The first-order valence-electron chi connectivity index (χ1n) is 4.24. The van der Waals surface area contributed by atoms with Crippen LogP contribution in [0, 0.1) is 0 Å². The minimum absolute atomic E-state index is 0.688. The largest absolute Gasteiger partial charge is 0.313 e. The highest BCUT2D eigenvalue weighted by atomic mass is 35.5. The van der Waals surface area contributed by atoms with E-state index in [4.69, 9.17) is 11.6 Å². The van der Waals surface area contributed by atoms with Gasteiger partial charge in [0, 0.05) is 18.9 Å². The number of nitrogens with zero attached hydrogens (tertiary/aromatic N) is 1. The Labute approximate surface area is 89.1 Å². The van der Waals surface area contributed by atoms with Crippen LogP contribution in [0.3, 0.4) is 0 Å². The van der Waals surface area contributed by atoms with Crippen molar-refractivity contribution in [2.45, 2.75) is 13.0 Å². The van der Waals surface area contributed by atoms with Gasteiger partial charge < -0.3 is 5.32 Å². The van der Waals surface area contributed by atoms with Crippen molar-refractivity contribution in [3.05, 3.63) is 29.0 Å². The molecule has 0 saturated heterocycles. The van der Waals surface area contributed by atoms with E-state index in [1.807, 2.05) is 12.3 Å². The summed E-state index contributed by atoms with van der Waals surface area (Å²) in [7, 11) is 0. The Morgan fingerprint density at radius 3 is 3.00 bits per heavy atom. The lowest BCUT2D eigenvalue weighted by Gasteiger charge is -2.03. The van der Waals surface area contributed by atoms with Crippen molar-refractivity contribution < 1.29 is 0 Å². The molecule has 72 valence electrons. The first-order valence-corrected chi connectivity index (χ1v) is 5.25. The van der Waals surface area contributed by atoms with Gasteiger partial charge in [0.2, 0.25) is 0 Å². The van der Waals surface area contributed by atoms with Gasteiger partial charge in [-0.2, -0.15) is 12.6 Å². The number of halogens is 1. The van der Waals surface area contributed by atoms with Crippen LogP contribution in [0.2, 0.25) is 5.02 Å². The number of pyridine rings is 1. The molecule has 1 N–H and O–H groups in total. The molecule has 0 saturated carbocycles. The predicted octanol–water partition coefficient (Wildman–Crippen LogP) is 2.14. The van der Waals surface area contributed by atoms with E-state index >= 15 is 0 Å². The number of hydrogen-bond donors (Lipinski definition) is 2. The molecule has 0 aliphatic rings. The number of nitrogens with one attached hydrogen (secondary N) is 1. The second-order valence-electron chi connectivity index (χ2n) is 2.77. The van der Waals surface area contributed by atoms with E-state index in [2.05, 4.69) is 22.9 Å². The fourth-order valence-electron chi connectivity index (χ4n) is 0.989. The fraction of sp³-hybridized carbons (Fsp3) is 0.444. The molecule has 4 heteroatoms. The zero-order valence-corrected chi connectivity index (χ0v) is 8.98. The molecule has 0 fully saturated rings. The summed E-state index contributed by atoms with van der Waals surface area (Å²) in [6, 6.07) is 1.92. The highest BCUT2D eigenvalue weighted by Gasteiger charge is 1.93. The van der Waals surface area contributed by atoms with E-state index in [-0.39, 0.29) is 0 Å². The molecule has 13 heavy (non-hydrogen) atoms. The van der Waals surface area contributed by atoms with Crippen molar-refractivity contribution in [3.63, 3.8) is 0 Å². The zero-order valence-electron chi connectivity index (χ0n) is 7.33. The van der Waals surface area contributed by atoms with Gasteiger partial charge in [0.05, 0.1) is 5.02 Å². The molecular weight excluding hydrogens is 204 g/mol. The van der Waals surface area contributed by atoms with Crippen LogP contribution >= 0.6 is 24.2 Å². The fourth-order valence-corrected chi connectivity index (χ4v) is 1.34. The second-order valence-corrected chi connectivity index (χ2v) is 3.65. The van der Waals surface area contributed by atoms with Gasteiger partial charge in [-0.1, -0.05) is 11.6 Å². The maximum Gasteiger partial charge on any atom is 0.0592 e. The molecule has 0 aromatic carbocycles. The average Bonchev–Trinajstić information content (AvgIpc) is 2.13. The third-order valence-corrected chi connectivity index (χ3v) is 2.13. The number of hydrogen-bond acceptors (Lipinski definition) is 3. The Hall–Kier alpha value is -0.250. The second kappa shape index (κ2) is 6.24. The van der Waals surface area contributed by atoms with Crippen LogP contribution in [0.1, 0.15) is 12.0 Å². The Kier molecular flexibility index (Phi) is 5.20. The van der Waals surface area contributed by atoms with Crippen LogP contribution in [0.5, 0.6) is 0 Å². The Morgan fingerprint density at radius 2 is 2.31 bits per heavy atom. The lowest BCUT2D eigenvalue weighted by atomic mass is 10.3. The Morgan fingerprint density at radius 1 is 1.46 bits per heavy atom. The van der Waals surface area contributed by atoms with Crippen LogP contribution in [0.25, 0.3) is 0 Å². The summed E-state index contributed by atoms with van der Waals surface area (Å²) in [6.07, 6.45) is 4.54. The summed E-state index contributed by atoms with van der Waals surface area (Å²) in [4.78, 5) is 4.00. The topological polar surface area (TPSA) is 24.9 Å². The van der Waals surface area contributed by atoms with E-state index in [0.717, 1.165) is 30.8 Å². The molecule has 2 nitrogen and oxygen atoms in total. The van der Waals surface area contributed by atoms with E-state index in [9.17, 15) is 0 Å². The minimum Gasteiger partial charge on any atom is -0.313 e. The lowest BCUT2D eigenvalue weighted by Crippen LogP contribution is -2.15. The minimum atomic E-state index is 0.688. The molecular formula is C9H13ClN2S. The molecule has 1 aromatic heterocycles. The van der Waals surface area contributed by atoms with Gasteiger partial charge in [0.15, 0.2) is 0 Å². The number of thiol groups is 1. The van der Waals surface area contributed by atoms with E-state index in [0.29, 0.717) is 5.02 Å². The van der Waals surface area contributed by atoms with Crippen LogP contribution in [-0.2, 0) is 6.54 Å². The van der Waals surface area contributed by atoms with Gasteiger partial charge >= 0.3 is 0 Å². The van der Waals surface area contributed by atoms with Crippen molar-refractivity contribution in [3.8, 4) is 0 Å². The summed E-state index contributed by atoms with van der Waals surface area (Å²) in [5, 5.41) is 3.97. The molecule has 0 atom stereocenters. The highest BCUT2D eigenvalue weighted by molar-refractivity contribution is 7.80. The molecule has 0 aliphatic heterocycles. The number of aromatic nitrogens is 1. The first kappa shape index (κ1) is 10.8. The number of rotatable bonds is 5. The van der Waals surface area contributed by atoms with Gasteiger partial charge in [-0.25, -0.2) is 0 Å². The van der Waals surface area contributed by atoms with E-state index in [1.54, 1.807) is 6.20 Å². The summed E-state index contributed by atoms with van der Waals surface area (Å²) in [5.74, 6) is 0.917. The molecule has 0 aliphatic carbocycles. The first-order chi connectivity index (χ1) is 6.33. The lowest BCUT2D eigenvalue weighted by molar-refractivity contribution is 0.678. The smallest absolute Gasteiger partial charge is 0.0592 e. The van der Waals surface area contributed by atoms with Gasteiger partial charge in [0.1, 0.15) is 0 Å². The van der Waals surface area contributed by atoms with Crippen LogP contribution in [-0.4, -0.2) is 17.3 Å². The Balaban J connectivity index is 2.28. The van der Waals surface area contributed by atoms with Crippen molar-refractivity contribution in [2.24, 2.45) is 0 Å². The summed E-state index contributed by atoms with van der Waals surface area (Å²) in [5.41, 5.74) is 1.12. The van der Waals surface area contributed by atoms with Gasteiger partial charge in [-0.15, -0.1) is 0 Å². The summed E-state index contributed by atoms with van der Waals surface area (Å²) >= 11 is 9.91. The third-order valence-electron chi connectivity index (χ3n) is 1.60. The quantitative estimate of drug-likeness (QED) is 0.583. The van der Waals surface area contributed by atoms with Crippen molar-refractivity contribution in [1.29, 1.82) is 0 Å². The average molecular weight is 217 g/mol. The molecule has 0 bridgehead atoms. The molecule has 0 spiro atoms. The van der Waals surface area contributed by atoms with Gasteiger partial charge in [0.25, 0.3) is 0 Å². The summed E-state index contributed by atoms with van der Waals surface area (Å²) < 4.78 is 0. The van der Waals surface area contributed by atoms with Crippen molar-refractivity contribution >= 4 is 24.2 Å². The maximum absolute atomic E-state index is 5.78. The monoisotopic (exact) mass is 216 g/mol. The van der Waals surface area contributed by atoms with Crippen LogP contribution in [0.15, 0.2) is 18.5 Å². The standard InChI is InChI=1S/C9H13ClN2S/c10-9-4-8(6-12-7-9)5-11-2-1-3-13/h4,6-7,11,13H,1-3,5H2. The molecule has 1 rings (SSSR count). The third kappa shape index (κ3) is 4.50. The van der Waals surface area contributed by atoms with Crippen LogP contribution < -0.4 is 5.32 Å². The van der Waals surface area contributed by atoms with E-state index < -0.39 is 0 Å². The molecule has 1 heterocycles. The highest BCUT2D eigenvalue weighted by Crippen LogP contribution is 2.07. The summed E-state index contributed by atoms with van der Waals surface area (Å²) in [6.45, 7) is 1.80. The predicted molar refractivity (Wildman–Crippen MR) is 59.4 cm³/mol. The zero-order chi connectivity index (χ0) is 9.52. The Bertz CT molecular complexity index is 255. The maximum atomic E-state index is 5.78. The van der Waals surface area contributed by atoms with Gasteiger partial charge in [-0.3, -0.25) is 4.98 Å². The van der Waals surface area contributed by atoms with Gasteiger partial charge in [-0.05, 0) is 30.3 Å².